The number of alkyl halides is 3. The molecular weight excluding hydrogens is 445 g/mol. The van der Waals surface area contributed by atoms with Crippen LogP contribution in [0, 0.1) is 19.8 Å². The summed E-state index contributed by atoms with van der Waals surface area (Å²) in [5, 5.41) is 4.09. The van der Waals surface area contributed by atoms with E-state index in [2.05, 4.69) is 20.1 Å². The summed E-state index contributed by atoms with van der Waals surface area (Å²) in [5.74, 6) is -0.650. The van der Waals surface area contributed by atoms with E-state index < -0.39 is 12.1 Å². The van der Waals surface area contributed by atoms with Crippen LogP contribution in [0.1, 0.15) is 79.3 Å². The molecule has 4 heterocycles. The van der Waals surface area contributed by atoms with E-state index in [-0.39, 0.29) is 24.7 Å². The molecular formula is C24H29F3N6O. The minimum atomic E-state index is -4.14. The fraction of sp³-hybridized carbons (Fsp3) is 0.625. The maximum absolute atomic E-state index is 12.9. The summed E-state index contributed by atoms with van der Waals surface area (Å²) < 4.78 is 46.2. The zero-order valence-electron chi connectivity index (χ0n) is 19.4. The van der Waals surface area contributed by atoms with Gasteiger partial charge in [0.25, 0.3) is 0 Å². The van der Waals surface area contributed by atoms with Crippen molar-refractivity contribution in [1.82, 2.24) is 29.7 Å². The van der Waals surface area contributed by atoms with Gasteiger partial charge in [0.1, 0.15) is 11.3 Å². The first kappa shape index (κ1) is 23.1. The van der Waals surface area contributed by atoms with E-state index in [4.69, 9.17) is 9.72 Å². The molecule has 3 fully saturated rings. The first-order valence-corrected chi connectivity index (χ1v) is 12.0. The van der Waals surface area contributed by atoms with Crippen molar-refractivity contribution in [3.05, 3.63) is 41.4 Å². The van der Waals surface area contributed by atoms with Crippen molar-refractivity contribution < 1.29 is 17.9 Å². The molecule has 0 N–H and O–H groups in total. The summed E-state index contributed by atoms with van der Waals surface area (Å²) in [7, 11) is 0. The Hall–Kier alpha value is -2.62. The highest BCUT2D eigenvalue weighted by molar-refractivity contribution is 5.73. The van der Waals surface area contributed by atoms with Crippen LogP contribution in [0.3, 0.4) is 0 Å². The van der Waals surface area contributed by atoms with E-state index in [0.717, 1.165) is 30.3 Å². The summed E-state index contributed by atoms with van der Waals surface area (Å²) in [6, 6.07) is 2.71. The molecule has 0 amide bonds. The summed E-state index contributed by atoms with van der Waals surface area (Å²) in [6.45, 7) is 5.01. The molecule has 3 aromatic rings. The lowest BCUT2D eigenvalue weighted by molar-refractivity contribution is -0.197. The normalized spacial score (nSPS) is 23.3. The minimum absolute atomic E-state index is 0.0669. The molecule has 0 atom stereocenters. The smallest absolute Gasteiger partial charge is 0.381 e. The summed E-state index contributed by atoms with van der Waals surface area (Å²) >= 11 is 0. The van der Waals surface area contributed by atoms with Gasteiger partial charge in [-0.3, -0.25) is 4.68 Å². The number of aromatic nitrogens is 6. The van der Waals surface area contributed by atoms with E-state index in [9.17, 15) is 13.2 Å². The van der Waals surface area contributed by atoms with E-state index in [0.29, 0.717) is 35.9 Å². The van der Waals surface area contributed by atoms with Crippen molar-refractivity contribution in [3.63, 3.8) is 0 Å². The van der Waals surface area contributed by atoms with Gasteiger partial charge >= 0.3 is 6.18 Å². The Balaban J connectivity index is 0.000000252. The number of fused-ring (bicyclic) bond motifs is 1. The van der Waals surface area contributed by atoms with Gasteiger partial charge in [0.15, 0.2) is 5.65 Å². The van der Waals surface area contributed by atoms with Crippen LogP contribution < -0.4 is 0 Å². The summed E-state index contributed by atoms with van der Waals surface area (Å²) in [5.41, 5.74) is 3.21. The van der Waals surface area contributed by atoms with Crippen LogP contribution in [0.4, 0.5) is 13.2 Å². The predicted molar refractivity (Wildman–Crippen MR) is 119 cm³/mol. The van der Waals surface area contributed by atoms with Crippen molar-refractivity contribution in [2.45, 2.75) is 76.4 Å². The van der Waals surface area contributed by atoms with Crippen LogP contribution in [0.2, 0.25) is 0 Å². The maximum atomic E-state index is 12.9. The number of nitrogens with zero attached hydrogens (tertiary/aromatic N) is 6. The summed E-state index contributed by atoms with van der Waals surface area (Å²) in [6.07, 6.45) is 4.13. The average molecular weight is 475 g/mol. The van der Waals surface area contributed by atoms with Crippen molar-refractivity contribution in [2.24, 2.45) is 5.92 Å². The average Bonchev–Trinajstić information content (AvgIpc) is 3.48. The zero-order chi connectivity index (χ0) is 23.9. The number of aryl methyl sites for hydroxylation is 2. The highest BCUT2D eigenvalue weighted by Gasteiger charge is 2.49. The van der Waals surface area contributed by atoms with Crippen molar-refractivity contribution in [1.29, 1.82) is 0 Å². The van der Waals surface area contributed by atoms with Gasteiger partial charge in [-0.05, 0) is 58.4 Å². The van der Waals surface area contributed by atoms with Crippen LogP contribution in [-0.4, -0.2) is 49.1 Å². The molecule has 34 heavy (non-hydrogen) atoms. The molecule has 7 nitrogen and oxygen atoms in total. The number of halogens is 3. The lowest BCUT2D eigenvalue weighted by atomic mass is 9.72. The van der Waals surface area contributed by atoms with E-state index in [1.807, 2.05) is 37.0 Å². The number of hydrogen-bond donors (Lipinski definition) is 0. The van der Waals surface area contributed by atoms with Gasteiger partial charge in [-0.25, -0.2) is 19.9 Å². The Morgan fingerprint density at radius 3 is 2.24 bits per heavy atom. The van der Waals surface area contributed by atoms with E-state index in [1.54, 1.807) is 0 Å². The maximum Gasteiger partial charge on any atom is 0.391 e. The third kappa shape index (κ3) is 4.92. The van der Waals surface area contributed by atoms with Gasteiger partial charge in [-0.1, -0.05) is 0 Å². The lowest BCUT2D eigenvalue weighted by Crippen LogP contribution is -2.35. The Bertz CT molecular complexity index is 1130. The Labute approximate surface area is 196 Å². The van der Waals surface area contributed by atoms with Crippen LogP contribution in [0.5, 0.6) is 0 Å². The molecule has 3 aromatic heterocycles. The lowest BCUT2D eigenvalue weighted by Gasteiger charge is -2.36. The highest BCUT2D eigenvalue weighted by atomic mass is 19.4. The Morgan fingerprint density at radius 1 is 0.912 bits per heavy atom. The molecule has 182 valence electrons. The van der Waals surface area contributed by atoms with Crippen LogP contribution in [0.15, 0.2) is 18.5 Å². The molecule has 0 bridgehead atoms. The Kier molecular flexibility index (Phi) is 6.26. The SMILES string of the molecule is Cc1nc2nc(C3CCOCC3)nc(C3CC(C(F)(F)F)C3)c2nc1C.c1cnn(C2CC2)c1. The molecule has 10 heteroatoms. The third-order valence-electron chi connectivity index (χ3n) is 7.01. The first-order valence-electron chi connectivity index (χ1n) is 12.0. The second-order valence-corrected chi connectivity index (χ2v) is 9.54. The second kappa shape index (κ2) is 9.20. The van der Waals surface area contributed by atoms with Gasteiger partial charge < -0.3 is 4.74 Å². The molecule has 2 aliphatic carbocycles. The fourth-order valence-electron chi connectivity index (χ4n) is 4.52. The molecule has 0 spiro atoms. The quantitative estimate of drug-likeness (QED) is 0.519. The standard InChI is InChI=1S/C18H21F3N4O.C6H8N2/c1-9-10(2)23-17-15(22-9)14(12-7-13(8-12)18(19,20)21)24-16(25-17)11-3-5-26-6-4-11;1-4-7-8(5-1)6-2-3-6/h11-13H,3-8H2,1-2H3;1,4-6H,2-3H2. The molecule has 3 aliphatic rings. The van der Waals surface area contributed by atoms with Crippen molar-refractivity contribution in [3.8, 4) is 0 Å². The summed E-state index contributed by atoms with van der Waals surface area (Å²) in [4.78, 5) is 18.4. The molecule has 1 aliphatic heterocycles. The largest absolute Gasteiger partial charge is 0.391 e. The van der Waals surface area contributed by atoms with Gasteiger partial charge in [0.2, 0.25) is 0 Å². The Morgan fingerprint density at radius 2 is 1.62 bits per heavy atom. The van der Waals surface area contributed by atoms with Gasteiger partial charge in [0, 0.05) is 37.4 Å². The fourth-order valence-corrected chi connectivity index (χ4v) is 4.52. The van der Waals surface area contributed by atoms with Gasteiger partial charge in [-0.15, -0.1) is 0 Å². The van der Waals surface area contributed by atoms with Gasteiger partial charge in [0.05, 0.1) is 29.0 Å². The van der Waals surface area contributed by atoms with Crippen LogP contribution >= 0.6 is 0 Å². The highest BCUT2D eigenvalue weighted by Crippen LogP contribution is 2.50. The monoisotopic (exact) mass is 474 g/mol. The number of ether oxygens (including phenoxy) is 1. The van der Waals surface area contributed by atoms with E-state index in [1.165, 1.54) is 12.8 Å². The van der Waals surface area contributed by atoms with E-state index >= 15 is 0 Å². The van der Waals surface area contributed by atoms with Crippen molar-refractivity contribution >= 4 is 11.2 Å². The number of rotatable bonds is 3. The van der Waals surface area contributed by atoms with Gasteiger partial charge in [-0.2, -0.15) is 18.3 Å². The predicted octanol–water partition coefficient (Wildman–Crippen LogP) is 5.20. The number of hydrogen-bond acceptors (Lipinski definition) is 6. The molecule has 2 saturated carbocycles. The molecule has 0 radical (unpaired) electrons. The van der Waals surface area contributed by atoms with Crippen molar-refractivity contribution in [2.75, 3.05) is 13.2 Å². The first-order chi connectivity index (χ1) is 16.3. The third-order valence-corrected chi connectivity index (χ3v) is 7.01. The molecule has 6 rings (SSSR count). The molecule has 1 saturated heterocycles. The topological polar surface area (TPSA) is 78.6 Å². The second-order valence-electron chi connectivity index (χ2n) is 9.54. The van der Waals surface area contributed by atoms with Crippen LogP contribution in [0.25, 0.3) is 11.2 Å². The molecule has 0 aromatic carbocycles. The van der Waals surface area contributed by atoms with Crippen LogP contribution in [-0.2, 0) is 4.74 Å². The minimum Gasteiger partial charge on any atom is -0.381 e. The zero-order valence-corrected chi connectivity index (χ0v) is 19.4. The molecule has 0 unspecified atom stereocenters.